The van der Waals surface area contributed by atoms with Gasteiger partial charge in [-0.25, -0.2) is 0 Å². The largest absolute Gasteiger partial charge is 0.486 e. The third-order valence-electron chi connectivity index (χ3n) is 3.84. The van der Waals surface area contributed by atoms with E-state index in [4.69, 9.17) is 10.5 Å². The Hall–Kier alpha value is -2.33. The highest BCUT2D eigenvalue weighted by atomic mass is 16.5. The van der Waals surface area contributed by atoms with Crippen LogP contribution in [0.5, 0.6) is 5.75 Å². The fraction of sp³-hybridized carbons (Fsp3) is 0.316. The Morgan fingerprint density at radius 3 is 2.48 bits per heavy atom. The summed E-state index contributed by atoms with van der Waals surface area (Å²) in [6.07, 6.45) is -0.0340. The number of benzene rings is 2. The first-order valence-corrected chi connectivity index (χ1v) is 7.84. The van der Waals surface area contributed by atoms with Crippen molar-refractivity contribution in [1.29, 1.82) is 0 Å². The van der Waals surface area contributed by atoms with Crippen molar-refractivity contribution in [3.05, 3.63) is 59.7 Å². The van der Waals surface area contributed by atoms with Crippen LogP contribution >= 0.6 is 0 Å². The second kappa shape index (κ2) is 7.79. The minimum Gasteiger partial charge on any atom is -0.486 e. The van der Waals surface area contributed by atoms with E-state index < -0.39 is 0 Å². The molecule has 0 spiro atoms. The van der Waals surface area contributed by atoms with E-state index in [9.17, 15) is 4.79 Å². The molecule has 0 fully saturated rings. The fourth-order valence-electron chi connectivity index (χ4n) is 2.21. The third kappa shape index (κ3) is 4.57. The minimum atomic E-state index is -0.205. The van der Waals surface area contributed by atoms with Crippen LogP contribution in [0.25, 0.3) is 0 Å². The number of ether oxygens (including phenoxy) is 1. The SMILES string of the molecule is Cc1cc(OC(C)c2ccccc2)ccc1NC(=O)C(C)CN. The number of amides is 1. The normalized spacial score (nSPS) is 13.2. The van der Waals surface area contributed by atoms with E-state index in [0.29, 0.717) is 6.54 Å². The topological polar surface area (TPSA) is 64.3 Å². The van der Waals surface area contributed by atoms with Crippen molar-refractivity contribution in [2.24, 2.45) is 11.7 Å². The Balaban J connectivity index is 2.06. The Kier molecular flexibility index (Phi) is 5.77. The number of nitrogens with two attached hydrogens (primary N) is 1. The molecule has 0 heterocycles. The van der Waals surface area contributed by atoms with Crippen LogP contribution in [0, 0.1) is 12.8 Å². The molecule has 2 rings (SSSR count). The first-order valence-electron chi connectivity index (χ1n) is 7.84. The second-order valence-corrected chi connectivity index (χ2v) is 5.77. The lowest BCUT2D eigenvalue weighted by Crippen LogP contribution is -2.26. The van der Waals surface area contributed by atoms with Gasteiger partial charge in [-0.05, 0) is 43.2 Å². The highest BCUT2D eigenvalue weighted by molar-refractivity contribution is 5.93. The molecule has 0 radical (unpaired) electrons. The maximum Gasteiger partial charge on any atom is 0.228 e. The van der Waals surface area contributed by atoms with Crippen LogP contribution in [-0.4, -0.2) is 12.5 Å². The number of anilines is 1. The molecule has 0 aliphatic heterocycles. The molecule has 2 unspecified atom stereocenters. The summed E-state index contributed by atoms with van der Waals surface area (Å²) in [6.45, 7) is 6.11. The van der Waals surface area contributed by atoms with E-state index >= 15 is 0 Å². The summed E-state index contributed by atoms with van der Waals surface area (Å²) < 4.78 is 5.98. The lowest BCUT2D eigenvalue weighted by Gasteiger charge is -2.17. The van der Waals surface area contributed by atoms with Gasteiger partial charge in [0.1, 0.15) is 11.9 Å². The van der Waals surface area contributed by atoms with Gasteiger partial charge in [0.15, 0.2) is 0 Å². The molecule has 1 amide bonds. The van der Waals surface area contributed by atoms with Gasteiger partial charge in [-0.3, -0.25) is 4.79 Å². The number of aryl methyl sites for hydroxylation is 1. The molecule has 4 heteroatoms. The summed E-state index contributed by atoms with van der Waals surface area (Å²) in [6, 6.07) is 15.7. The van der Waals surface area contributed by atoms with Crippen molar-refractivity contribution >= 4 is 11.6 Å². The summed E-state index contributed by atoms with van der Waals surface area (Å²) >= 11 is 0. The Bertz CT molecular complexity index is 656. The molecule has 0 aliphatic carbocycles. The third-order valence-corrected chi connectivity index (χ3v) is 3.84. The number of nitrogens with one attached hydrogen (secondary N) is 1. The van der Waals surface area contributed by atoms with E-state index in [1.165, 1.54) is 0 Å². The molecule has 3 N–H and O–H groups in total. The zero-order chi connectivity index (χ0) is 16.8. The van der Waals surface area contributed by atoms with Crippen LogP contribution in [0.1, 0.15) is 31.1 Å². The molecular weight excluding hydrogens is 288 g/mol. The van der Waals surface area contributed by atoms with Gasteiger partial charge in [-0.2, -0.15) is 0 Å². The van der Waals surface area contributed by atoms with Crippen molar-refractivity contribution in [2.45, 2.75) is 26.9 Å². The van der Waals surface area contributed by atoms with Crippen molar-refractivity contribution in [2.75, 3.05) is 11.9 Å². The summed E-state index contributed by atoms with van der Waals surface area (Å²) in [5.74, 6) is 0.508. The van der Waals surface area contributed by atoms with Gasteiger partial charge < -0.3 is 15.8 Å². The Labute approximate surface area is 137 Å². The van der Waals surface area contributed by atoms with Gasteiger partial charge in [0, 0.05) is 18.2 Å². The van der Waals surface area contributed by atoms with Gasteiger partial charge in [0.25, 0.3) is 0 Å². The van der Waals surface area contributed by atoms with Crippen LogP contribution in [0.3, 0.4) is 0 Å². The maximum atomic E-state index is 11.9. The van der Waals surface area contributed by atoms with E-state index in [-0.39, 0.29) is 17.9 Å². The zero-order valence-electron chi connectivity index (χ0n) is 13.9. The van der Waals surface area contributed by atoms with E-state index in [1.54, 1.807) is 0 Å². The maximum absolute atomic E-state index is 11.9. The molecule has 2 aromatic carbocycles. The fourth-order valence-corrected chi connectivity index (χ4v) is 2.21. The molecule has 2 aromatic rings. The van der Waals surface area contributed by atoms with Crippen molar-refractivity contribution in [3.63, 3.8) is 0 Å². The molecule has 23 heavy (non-hydrogen) atoms. The van der Waals surface area contributed by atoms with Crippen molar-refractivity contribution < 1.29 is 9.53 Å². The monoisotopic (exact) mass is 312 g/mol. The molecule has 0 saturated carbocycles. The number of carbonyl (C=O) groups is 1. The minimum absolute atomic E-state index is 0.0340. The van der Waals surface area contributed by atoms with Crippen LogP contribution in [0.15, 0.2) is 48.5 Å². The first kappa shape index (κ1) is 17.0. The number of carbonyl (C=O) groups excluding carboxylic acids is 1. The lowest BCUT2D eigenvalue weighted by molar-refractivity contribution is -0.119. The molecule has 0 aliphatic rings. The van der Waals surface area contributed by atoms with Crippen LogP contribution in [0.2, 0.25) is 0 Å². The van der Waals surface area contributed by atoms with Gasteiger partial charge in [0.2, 0.25) is 5.91 Å². The summed E-state index contributed by atoms with van der Waals surface area (Å²) in [4.78, 5) is 11.9. The quantitative estimate of drug-likeness (QED) is 0.855. The highest BCUT2D eigenvalue weighted by Gasteiger charge is 2.13. The average Bonchev–Trinajstić information content (AvgIpc) is 2.57. The van der Waals surface area contributed by atoms with Crippen molar-refractivity contribution in [3.8, 4) is 5.75 Å². The van der Waals surface area contributed by atoms with E-state index in [2.05, 4.69) is 5.32 Å². The first-order chi connectivity index (χ1) is 11.0. The average molecular weight is 312 g/mol. The van der Waals surface area contributed by atoms with Crippen LogP contribution in [0.4, 0.5) is 5.69 Å². The van der Waals surface area contributed by atoms with E-state index in [0.717, 1.165) is 22.6 Å². The molecule has 0 bridgehead atoms. The Morgan fingerprint density at radius 2 is 1.87 bits per heavy atom. The van der Waals surface area contributed by atoms with Gasteiger partial charge in [0.05, 0.1) is 0 Å². The van der Waals surface area contributed by atoms with E-state index in [1.807, 2.05) is 69.3 Å². The predicted octanol–water partition coefficient (Wildman–Crippen LogP) is 3.67. The number of rotatable bonds is 6. The molecule has 0 aromatic heterocycles. The van der Waals surface area contributed by atoms with Gasteiger partial charge in [-0.1, -0.05) is 37.3 Å². The van der Waals surface area contributed by atoms with Gasteiger partial charge in [-0.15, -0.1) is 0 Å². The molecule has 2 atom stereocenters. The highest BCUT2D eigenvalue weighted by Crippen LogP contribution is 2.26. The van der Waals surface area contributed by atoms with Crippen LogP contribution < -0.4 is 15.8 Å². The molecule has 0 saturated heterocycles. The summed E-state index contributed by atoms with van der Waals surface area (Å²) in [5, 5.41) is 2.90. The number of hydrogen-bond acceptors (Lipinski definition) is 3. The lowest BCUT2D eigenvalue weighted by atomic mass is 10.1. The standard InChI is InChI=1S/C19H24N2O2/c1-13-11-17(23-15(3)16-7-5-4-6-8-16)9-10-18(13)21-19(22)14(2)12-20/h4-11,14-15H,12,20H2,1-3H3,(H,21,22). The summed E-state index contributed by atoms with van der Waals surface area (Å²) in [7, 11) is 0. The van der Waals surface area contributed by atoms with Crippen LogP contribution in [-0.2, 0) is 4.79 Å². The predicted molar refractivity (Wildman–Crippen MR) is 93.5 cm³/mol. The number of hydrogen-bond donors (Lipinski definition) is 2. The zero-order valence-corrected chi connectivity index (χ0v) is 13.9. The van der Waals surface area contributed by atoms with Crippen molar-refractivity contribution in [1.82, 2.24) is 0 Å². The summed E-state index contributed by atoms with van der Waals surface area (Å²) in [5.41, 5.74) is 8.39. The van der Waals surface area contributed by atoms with Gasteiger partial charge >= 0.3 is 0 Å². The second-order valence-electron chi connectivity index (χ2n) is 5.77. The Morgan fingerprint density at radius 1 is 1.17 bits per heavy atom. The molecular formula is C19H24N2O2. The molecule has 122 valence electrons. The molecule has 4 nitrogen and oxygen atoms in total. The smallest absolute Gasteiger partial charge is 0.228 e.